The van der Waals surface area contributed by atoms with E-state index < -0.39 is 17.6 Å². The average Bonchev–Trinajstić information content (AvgIpc) is 2.63. The van der Waals surface area contributed by atoms with E-state index in [-0.39, 0.29) is 28.6 Å². The van der Waals surface area contributed by atoms with Gasteiger partial charge in [-0.2, -0.15) is 0 Å². The molecule has 1 saturated carbocycles. The van der Waals surface area contributed by atoms with E-state index in [4.69, 9.17) is 23.1 Å². The number of nitrogens with two attached hydrogens (primary N) is 2. The summed E-state index contributed by atoms with van der Waals surface area (Å²) in [6, 6.07) is 3.75. The molecule has 1 aromatic rings. The van der Waals surface area contributed by atoms with Crippen molar-refractivity contribution in [2.45, 2.75) is 44.6 Å². The van der Waals surface area contributed by atoms with Crippen LogP contribution in [0.15, 0.2) is 23.2 Å². The van der Waals surface area contributed by atoms with Crippen molar-refractivity contribution < 1.29 is 14.0 Å². The van der Waals surface area contributed by atoms with Gasteiger partial charge in [0.05, 0.1) is 5.02 Å². The summed E-state index contributed by atoms with van der Waals surface area (Å²) < 4.78 is 13.4. The molecule has 0 aliphatic heterocycles. The first-order valence-corrected chi connectivity index (χ1v) is 9.37. The number of nitrogens with one attached hydrogen (secondary N) is 2. The van der Waals surface area contributed by atoms with E-state index in [2.05, 4.69) is 15.6 Å². The first kappa shape index (κ1) is 21.0. The minimum atomic E-state index is -0.832. The zero-order valence-corrected chi connectivity index (χ0v) is 15.8. The number of nitrogens with zero attached hydrogens (tertiary/aromatic N) is 1. The van der Waals surface area contributed by atoms with Crippen molar-refractivity contribution in [3.63, 3.8) is 0 Å². The molecule has 6 N–H and O–H groups in total. The molecule has 0 spiro atoms. The molecular weight excluding hydrogens is 373 g/mol. The van der Waals surface area contributed by atoms with Crippen LogP contribution in [0.3, 0.4) is 0 Å². The van der Waals surface area contributed by atoms with Crippen LogP contribution in [-0.4, -0.2) is 30.4 Å². The third-order valence-electron chi connectivity index (χ3n) is 4.64. The van der Waals surface area contributed by atoms with Crippen LogP contribution in [0.25, 0.3) is 0 Å². The molecule has 0 heterocycles. The Morgan fingerprint density at radius 2 is 1.96 bits per heavy atom. The van der Waals surface area contributed by atoms with Crippen LogP contribution < -0.4 is 22.1 Å². The number of aliphatic imine (C=N–C) groups is 1. The zero-order valence-electron chi connectivity index (χ0n) is 15.0. The van der Waals surface area contributed by atoms with Crippen molar-refractivity contribution in [2.24, 2.45) is 22.4 Å². The van der Waals surface area contributed by atoms with Gasteiger partial charge in [0.2, 0.25) is 0 Å². The molecule has 1 aromatic carbocycles. The minimum Gasteiger partial charge on any atom is -0.370 e. The molecule has 2 unspecified atom stereocenters. The monoisotopic (exact) mass is 397 g/mol. The average molecular weight is 398 g/mol. The fourth-order valence-corrected chi connectivity index (χ4v) is 3.42. The maximum atomic E-state index is 13.4. The number of guanidine groups is 1. The number of carbonyl (C=O) groups excluding carboxylic acids is 2. The number of amides is 2. The topological polar surface area (TPSA) is 123 Å². The Kier molecular flexibility index (Phi) is 7.84. The second kappa shape index (κ2) is 10.1. The molecular formula is C18H25ClFN5O2. The second-order valence-corrected chi connectivity index (χ2v) is 7.06. The molecule has 9 heteroatoms. The SMILES string of the molecule is NC(N)=NCCCC1CCCCC1NC(=O)C(=O)Nc1ccc(Cl)c(F)c1. The van der Waals surface area contributed by atoms with Crippen LogP contribution in [0.1, 0.15) is 38.5 Å². The summed E-state index contributed by atoms with van der Waals surface area (Å²) in [6.07, 6.45) is 5.57. The van der Waals surface area contributed by atoms with E-state index in [0.29, 0.717) is 6.54 Å². The van der Waals surface area contributed by atoms with Crippen LogP contribution >= 0.6 is 11.6 Å². The smallest absolute Gasteiger partial charge is 0.313 e. The van der Waals surface area contributed by atoms with Crippen LogP contribution in [0.4, 0.5) is 10.1 Å². The summed E-state index contributed by atoms with van der Waals surface area (Å²) in [5.41, 5.74) is 10.8. The Labute approximate surface area is 162 Å². The summed E-state index contributed by atoms with van der Waals surface area (Å²) in [5.74, 6) is -1.88. The molecule has 0 aromatic heterocycles. The lowest BCUT2D eigenvalue weighted by Gasteiger charge is -2.32. The Morgan fingerprint density at radius 1 is 1.22 bits per heavy atom. The number of carbonyl (C=O) groups is 2. The van der Waals surface area contributed by atoms with E-state index >= 15 is 0 Å². The maximum absolute atomic E-state index is 13.4. The number of hydrogen-bond donors (Lipinski definition) is 4. The van der Waals surface area contributed by atoms with Crippen molar-refractivity contribution in [1.29, 1.82) is 0 Å². The fraction of sp³-hybridized carbons (Fsp3) is 0.500. The van der Waals surface area contributed by atoms with Crippen LogP contribution in [0.5, 0.6) is 0 Å². The highest BCUT2D eigenvalue weighted by Gasteiger charge is 2.28. The number of benzene rings is 1. The van der Waals surface area contributed by atoms with Gasteiger partial charge in [-0.3, -0.25) is 14.6 Å². The molecule has 0 radical (unpaired) electrons. The highest BCUT2D eigenvalue weighted by atomic mass is 35.5. The molecule has 2 atom stereocenters. The third-order valence-corrected chi connectivity index (χ3v) is 4.94. The number of anilines is 1. The van der Waals surface area contributed by atoms with Gasteiger partial charge >= 0.3 is 11.8 Å². The second-order valence-electron chi connectivity index (χ2n) is 6.66. The van der Waals surface area contributed by atoms with Gasteiger partial charge < -0.3 is 22.1 Å². The van der Waals surface area contributed by atoms with Crippen LogP contribution in [0, 0.1) is 11.7 Å². The quantitative estimate of drug-likeness (QED) is 0.254. The number of hydrogen-bond acceptors (Lipinski definition) is 3. The molecule has 1 fully saturated rings. The Bertz CT molecular complexity index is 709. The van der Waals surface area contributed by atoms with Gasteiger partial charge in [0.15, 0.2) is 5.96 Å². The van der Waals surface area contributed by atoms with Gasteiger partial charge in [0.25, 0.3) is 0 Å². The van der Waals surface area contributed by atoms with Crippen molar-refractivity contribution in [3.8, 4) is 0 Å². The Morgan fingerprint density at radius 3 is 2.67 bits per heavy atom. The van der Waals surface area contributed by atoms with Gasteiger partial charge in [0.1, 0.15) is 5.82 Å². The first-order valence-electron chi connectivity index (χ1n) is 8.99. The highest BCUT2D eigenvalue weighted by molar-refractivity contribution is 6.39. The van der Waals surface area contributed by atoms with Crippen molar-refractivity contribution in [3.05, 3.63) is 29.0 Å². The number of rotatable bonds is 6. The van der Waals surface area contributed by atoms with Crippen molar-refractivity contribution >= 4 is 35.1 Å². The summed E-state index contributed by atoms with van der Waals surface area (Å²) >= 11 is 5.61. The van der Waals surface area contributed by atoms with Crippen LogP contribution in [0.2, 0.25) is 5.02 Å². The van der Waals surface area contributed by atoms with Crippen molar-refractivity contribution in [2.75, 3.05) is 11.9 Å². The predicted octanol–water partition coefficient (Wildman–Crippen LogP) is 2.15. The van der Waals surface area contributed by atoms with Gasteiger partial charge in [0, 0.05) is 18.3 Å². The molecule has 1 aliphatic carbocycles. The maximum Gasteiger partial charge on any atom is 0.313 e. The van der Waals surface area contributed by atoms with E-state index in [1.54, 1.807) is 0 Å². The normalized spacial score (nSPS) is 19.2. The first-order chi connectivity index (χ1) is 12.9. The molecule has 1 aliphatic rings. The van der Waals surface area contributed by atoms with E-state index in [0.717, 1.165) is 44.6 Å². The standard InChI is InChI=1S/C18H25ClFN5O2/c19-13-8-7-12(10-14(13)20)24-16(26)17(27)25-15-6-2-1-4-11(15)5-3-9-23-18(21)22/h7-8,10-11,15H,1-6,9H2,(H,24,26)(H,25,27)(H4,21,22,23). The predicted molar refractivity (Wildman–Crippen MR) is 104 cm³/mol. The van der Waals surface area contributed by atoms with Gasteiger partial charge in [-0.1, -0.05) is 24.4 Å². The Hall–Kier alpha value is -2.35. The Balaban J connectivity index is 1.88. The molecule has 27 heavy (non-hydrogen) atoms. The summed E-state index contributed by atoms with van der Waals surface area (Å²) in [5, 5.41) is 5.14. The zero-order chi connectivity index (χ0) is 19.8. The van der Waals surface area contributed by atoms with Gasteiger partial charge in [-0.15, -0.1) is 0 Å². The van der Waals surface area contributed by atoms with E-state index in [1.807, 2.05) is 0 Å². The number of halogens is 2. The largest absolute Gasteiger partial charge is 0.370 e. The summed E-state index contributed by atoms with van der Waals surface area (Å²) in [7, 11) is 0. The van der Waals surface area contributed by atoms with Crippen molar-refractivity contribution in [1.82, 2.24) is 5.32 Å². The molecule has 2 amide bonds. The van der Waals surface area contributed by atoms with E-state index in [1.165, 1.54) is 12.1 Å². The molecule has 0 saturated heterocycles. The summed E-state index contributed by atoms with van der Waals surface area (Å²) in [6.45, 7) is 0.544. The highest BCUT2D eigenvalue weighted by Crippen LogP contribution is 2.28. The molecule has 148 valence electrons. The third kappa shape index (κ3) is 6.71. The minimum absolute atomic E-state index is 0.0526. The molecule has 7 nitrogen and oxygen atoms in total. The van der Waals surface area contributed by atoms with Crippen LogP contribution in [-0.2, 0) is 9.59 Å². The van der Waals surface area contributed by atoms with Gasteiger partial charge in [-0.05, 0) is 49.8 Å². The molecule has 2 rings (SSSR count). The van der Waals surface area contributed by atoms with Gasteiger partial charge in [-0.25, -0.2) is 4.39 Å². The fourth-order valence-electron chi connectivity index (χ4n) is 3.30. The summed E-state index contributed by atoms with van der Waals surface area (Å²) in [4.78, 5) is 28.3. The lowest BCUT2D eigenvalue weighted by Crippen LogP contribution is -2.46. The molecule has 0 bridgehead atoms. The van der Waals surface area contributed by atoms with E-state index in [9.17, 15) is 14.0 Å². The lowest BCUT2D eigenvalue weighted by atomic mass is 9.81. The lowest BCUT2D eigenvalue weighted by molar-refractivity contribution is -0.137.